The van der Waals surface area contributed by atoms with Crippen LogP contribution in [0.15, 0.2) is 54.6 Å². The maximum atomic E-state index is 12.8. The van der Waals surface area contributed by atoms with Crippen LogP contribution < -0.4 is 10.6 Å². The third kappa shape index (κ3) is 1.87. The molecule has 1 saturated heterocycles. The lowest BCUT2D eigenvalue weighted by Crippen LogP contribution is -2.57. The SMILES string of the molecule is C[C@]12CCN(C(=O)Nc3ccccc3)[C@@]1(C)Nc1ccccc12. The Kier molecular flexibility index (Phi) is 2.92. The van der Waals surface area contributed by atoms with Gasteiger partial charge in [-0.2, -0.15) is 0 Å². The van der Waals surface area contributed by atoms with Crippen molar-refractivity contribution in [1.29, 1.82) is 0 Å². The molecule has 2 aliphatic rings. The first-order valence-electron chi connectivity index (χ1n) is 8.06. The molecule has 23 heavy (non-hydrogen) atoms. The Labute approximate surface area is 136 Å². The van der Waals surface area contributed by atoms with Crippen molar-refractivity contribution in [2.45, 2.75) is 31.3 Å². The molecule has 4 heteroatoms. The summed E-state index contributed by atoms with van der Waals surface area (Å²) in [6, 6.07) is 17.9. The molecule has 0 unspecified atom stereocenters. The zero-order chi connectivity index (χ0) is 16.1. The molecule has 0 radical (unpaired) electrons. The van der Waals surface area contributed by atoms with Gasteiger partial charge >= 0.3 is 6.03 Å². The summed E-state index contributed by atoms with van der Waals surface area (Å²) in [4.78, 5) is 14.8. The van der Waals surface area contributed by atoms with Gasteiger partial charge in [0.15, 0.2) is 0 Å². The van der Waals surface area contributed by atoms with Crippen LogP contribution in [0.5, 0.6) is 0 Å². The van der Waals surface area contributed by atoms with Crippen molar-refractivity contribution in [2.75, 3.05) is 17.2 Å². The van der Waals surface area contributed by atoms with Gasteiger partial charge in [0, 0.05) is 23.3 Å². The highest BCUT2D eigenvalue weighted by molar-refractivity contribution is 5.91. The van der Waals surface area contributed by atoms with Gasteiger partial charge in [-0.15, -0.1) is 0 Å². The van der Waals surface area contributed by atoms with Gasteiger partial charge in [0.2, 0.25) is 0 Å². The van der Waals surface area contributed by atoms with E-state index in [0.29, 0.717) is 0 Å². The van der Waals surface area contributed by atoms with Gasteiger partial charge < -0.3 is 15.5 Å². The van der Waals surface area contributed by atoms with E-state index >= 15 is 0 Å². The summed E-state index contributed by atoms with van der Waals surface area (Å²) in [7, 11) is 0. The summed E-state index contributed by atoms with van der Waals surface area (Å²) >= 11 is 0. The number of benzene rings is 2. The van der Waals surface area contributed by atoms with E-state index in [-0.39, 0.29) is 11.4 Å². The Balaban J connectivity index is 1.65. The van der Waals surface area contributed by atoms with Gasteiger partial charge in [0.25, 0.3) is 0 Å². The van der Waals surface area contributed by atoms with Crippen molar-refractivity contribution in [3.63, 3.8) is 0 Å². The van der Waals surface area contributed by atoms with Gasteiger partial charge in [-0.3, -0.25) is 0 Å². The number of carbonyl (C=O) groups is 1. The molecule has 2 amide bonds. The molecular weight excluding hydrogens is 286 g/mol. The van der Waals surface area contributed by atoms with Crippen LogP contribution in [0.2, 0.25) is 0 Å². The van der Waals surface area contributed by atoms with Crippen LogP contribution >= 0.6 is 0 Å². The van der Waals surface area contributed by atoms with Gasteiger partial charge in [0.05, 0.1) is 0 Å². The molecule has 2 atom stereocenters. The zero-order valence-electron chi connectivity index (χ0n) is 13.5. The molecule has 2 aromatic rings. The maximum Gasteiger partial charge on any atom is 0.323 e. The fraction of sp³-hybridized carbons (Fsp3) is 0.316. The highest BCUT2D eigenvalue weighted by Crippen LogP contribution is 2.54. The van der Waals surface area contributed by atoms with Crippen molar-refractivity contribution in [3.05, 3.63) is 60.2 Å². The summed E-state index contributed by atoms with van der Waals surface area (Å²) in [5, 5.41) is 6.61. The predicted octanol–water partition coefficient (Wildman–Crippen LogP) is 4.02. The molecule has 0 saturated carbocycles. The number of rotatable bonds is 1. The molecule has 118 valence electrons. The zero-order valence-corrected chi connectivity index (χ0v) is 13.5. The Morgan fingerprint density at radius 1 is 1.09 bits per heavy atom. The number of nitrogens with one attached hydrogen (secondary N) is 2. The third-order valence-electron chi connectivity index (χ3n) is 5.62. The second-order valence-electron chi connectivity index (χ2n) is 6.77. The quantitative estimate of drug-likeness (QED) is 0.835. The fourth-order valence-electron chi connectivity index (χ4n) is 4.06. The van der Waals surface area contributed by atoms with Gasteiger partial charge in [0.1, 0.15) is 5.66 Å². The predicted molar refractivity (Wildman–Crippen MR) is 92.6 cm³/mol. The number of para-hydroxylation sites is 2. The van der Waals surface area contributed by atoms with Crippen molar-refractivity contribution in [3.8, 4) is 0 Å². The Hall–Kier alpha value is -2.49. The van der Waals surface area contributed by atoms with E-state index in [1.807, 2.05) is 41.3 Å². The standard InChI is InChI=1S/C19H21N3O/c1-18-12-13-22(17(23)20-14-8-4-3-5-9-14)19(18,2)21-16-11-7-6-10-15(16)18/h3-11,21H,12-13H2,1-2H3,(H,20,23)/t18-,19-/m1/s1. The third-order valence-corrected chi connectivity index (χ3v) is 5.62. The highest BCUT2D eigenvalue weighted by Gasteiger charge is 2.60. The molecule has 1 fully saturated rings. The molecule has 0 bridgehead atoms. The number of hydrogen-bond donors (Lipinski definition) is 2. The average molecular weight is 307 g/mol. The van der Waals surface area contributed by atoms with Crippen LogP contribution in [-0.4, -0.2) is 23.1 Å². The van der Waals surface area contributed by atoms with E-state index in [1.165, 1.54) is 5.56 Å². The van der Waals surface area contributed by atoms with Crippen molar-refractivity contribution in [1.82, 2.24) is 4.90 Å². The number of nitrogens with zero attached hydrogens (tertiary/aromatic N) is 1. The van der Waals surface area contributed by atoms with Crippen LogP contribution in [-0.2, 0) is 5.41 Å². The van der Waals surface area contributed by atoms with Crippen LogP contribution in [0.25, 0.3) is 0 Å². The average Bonchev–Trinajstić information content (AvgIpc) is 2.93. The largest absolute Gasteiger partial charge is 0.362 e. The summed E-state index contributed by atoms with van der Waals surface area (Å²) in [6.45, 7) is 5.12. The molecule has 0 aliphatic carbocycles. The topological polar surface area (TPSA) is 44.4 Å². The normalized spacial score (nSPS) is 28.0. The summed E-state index contributed by atoms with van der Waals surface area (Å²) in [6.07, 6.45) is 0.954. The number of amides is 2. The van der Waals surface area contributed by atoms with E-state index in [4.69, 9.17) is 0 Å². The molecule has 4 rings (SSSR count). The lowest BCUT2D eigenvalue weighted by molar-refractivity contribution is 0.160. The lowest BCUT2D eigenvalue weighted by atomic mass is 9.75. The van der Waals surface area contributed by atoms with E-state index in [9.17, 15) is 4.79 Å². The Morgan fingerprint density at radius 3 is 2.57 bits per heavy atom. The fourth-order valence-corrected chi connectivity index (χ4v) is 4.06. The Morgan fingerprint density at radius 2 is 1.78 bits per heavy atom. The van der Waals surface area contributed by atoms with Crippen molar-refractivity contribution >= 4 is 17.4 Å². The van der Waals surface area contributed by atoms with Gasteiger partial charge in [-0.1, -0.05) is 43.3 Å². The van der Waals surface area contributed by atoms with Crippen LogP contribution in [0.4, 0.5) is 16.2 Å². The molecule has 0 spiro atoms. The number of urea groups is 1. The molecule has 2 aliphatic heterocycles. The number of fused-ring (bicyclic) bond motifs is 3. The first-order chi connectivity index (χ1) is 11.0. The van der Waals surface area contributed by atoms with Crippen molar-refractivity contribution < 1.29 is 4.79 Å². The molecule has 2 aromatic carbocycles. The second kappa shape index (κ2) is 4.75. The molecule has 4 nitrogen and oxygen atoms in total. The first-order valence-corrected chi connectivity index (χ1v) is 8.06. The molecule has 0 aromatic heterocycles. The monoisotopic (exact) mass is 307 g/mol. The molecule has 2 heterocycles. The number of hydrogen-bond acceptors (Lipinski definition) is 2. The maximum absolute atomic E-state index is 12.8. The van der Waals surface area contributed by atoms with E-state index < -0.39 is 5.66 Å². The van der Waals surface area contributed by atoms with Crippen molar-refractivity contribution in [2.24, 2.45) is 0 Å². The minimum Gasteiger partial charge on any atom is -0.362 e. The van der Waals surface area contributed by atoms with Crippen LogP contribution in [0, 0.1) is 0 Å². The first kappa shape index (κ1) is 14.1. The second-order valence-corrected chi connectivity index (χ2v) is 6.77. The molecular formula is C19H21N3O. The Bertz CT molecular complexity index is 760. The van der Waals surface area contributed by atoms with Gasteiger partial charge in [-0.25, -0.2) is 4.79 Å². The number of likely N-dealkylation sites (tertiary alicyclic amines) is 1. The minimum atomic E-state index is -0.407. The van der Waals surface area contributed by atoms with Crippen LogP contribution in [0.3, 0.4) is 0 Å². The van der Waals surface area contributed by atoms with E-state index in [1.54, 1.807) is 0 Å². The lowest BCUT2D eigenvalue weighted by Gasteiger charge is -2.40. The van der Waals surface area contributed by atoms with E-state index in [2.05, 4.69) is 42.7 Å². The summed E-state index contributed by atoms with van der Waals surface area (Å²) < 4.78 is 0. The van der Waals surface area contributed by atoms with Crippen LogP contribution in [0.1, 0.15) is 25.8 Å². The number of carbonyl (C=O) groups excluding carboxylic acids is 1. The number of anilines is 2. The van der Waals surface area contributed by atoms with E-state index in [0.717, 1.165) is 24.3 Å². The van der Waals surface area contributed by atoms with Gasteiger partial charge in [-0.05, 0) is 37.1 Å². The smallest absolute Gasteiger partial charge is 0.323 e. The summed E-state index contributed by atoms with van der Waals surface area (Å²) in [5.41, 5.74) is 2.78. The highest BCUT2D eigenvalue weighted by atomic mass is 16.2. The molecule has 2 N–H and O–H groups in total. The summed E-state index contributed by atoms with van der Waals surface area (Å²) in [5.74, 6) is 0. The minimum absolute atomic E-state index is 0.0530.